The highest BCUT2D eigenvalue weighted by atomic mass is 15.2. The largest absolute Gasteiger partial charge is 0.382 e. The number of nitrogens with zero attached hydrogens (tertiary/aromatic N) is 1. The summed E-state index contributed by atoms with van der Waals surface area (Å²) in [6.45, 7) is 4.42. The van der Waals surface area contributed by atoms with Crippen LogP contribution < -0.4 is 5.73 Å². The lowest BCUT2D eigenvalue weighted by atomic mass is 9.99. The second-order valence-corrected chi connectivity index (χ2v) is 5.50. The van der Waals surface area contributed by atoms with Crippen LogP contribution in [0, 0.1) is 5.92 Å². The number of nitrogens with two attached hydrogens (primary N) is 1. The van der Waals surface area contributed by atoms with E-state index in [1.165, 1.54) is 16.8 Å². The van der Waals surface area contributed by atoms with E-state index in [2.05, 4.69) is 54.4 Å². The molecule has 0 aliphatic heterocycles. The molecule has 0 fully saturated rings. The van der Waals surface area contributed by atoms with Gasteiger partial charge in [0.15, 0.2) is 0 Å². The minimum atomic E-state index is 0.604. The predicted molar refractivity (Wildman–Crippen MR) is 80.0 cm³/mol. The zero-order chi connectivity index (χ0) is 13.7. The molecule has 0 radical (unpaired) electrons. The third kappa shape index (κ3) is 3.85. The Bertz CT molecular complexity index is 500. The van der Waals surface area contributed by atoms with Crippen molar-refractivity contribution < 1.29 is 0 Å². The molecule has 0 aliphatic carbocycles. The molecule has 0 aliphatic rings. The standard InChI is InChI=1S/C16H23N3/c1-12(2)11-14-15(18-19-16(14)17)10-6-9-13-7-4-3-5-8-13/h3-5,7-8,12H,6,9-11H2,1-2H3,(H3,17,18,19). The zero-order valence-corrected chi connectivity index (χ0v) is 11.8. The van der Waals surface area contributed by atoms with Crippen LogP contribution in [0.2, 0.25) is 0 Å². The molecule has 2 rings (SSSR count). The van der Waals surface area contributed by atoms with Gasteiger partial charge >= 0.3 is 0 Å². The van der Waals surface area contributed by atoms with Crippen LogP contribution in [-0.4, -0.2) is 10.2 Å². The molecule has 3 nitrogen and oxygen atoms in total. The number of nitrogens with one attached hydrogen (secondary N) is 1. The lowest BCUT2D eigenvalue weighted by molar-refractivity contribution is 0.641. The second-order valence-electron chi connectivity index (χ2n) is 5.50. The molecule has 0 spiro atoms. The molecule has 19 heavy (non-hydrogen) atoms. The van der Waals surface area contributed by atoms with Crippen molar-refractivity contribution in [3.8, 4) is 0 Å². The summed E-state index contributed by atoms with van der Waals surface area (Å²) in [4.78, 5) is 0. The maximum absolute atomic E-state index is 5.93. The summed E-state index contributed by atoms with van der Waals surface area (Å²) in [5.41, 5.74) is 9.74. The van der Waals surface area contributed by atoms with Gasteiger partial charge in [-0.15, -0.1) is 0 Å². The van der Waals surface area contributed by atoms with Gasteiger partial charge in [-0.2, -0.15) is 5.10 Å². The maximum atomic E-state index is 5.93. The van der Waals surface area contributed by atoms with E-state index in [-0.39, 0.29) is 0 Å². The molecule has 102 valence electrons. The normalized spacial score (nSPS) is 11.1. The molecular formula is C16H23N3. The number of aryl methyl sites for hydroxylation is 2. The molecule has 0 bridgehead atoms. The molecule has 0 saturated heterocycles. The summed E-state index contributed by atoms with van der Waals surface area (Å²) in [7, 11) is 0. The van der Waals surface area contributed by atoms with Crippen molar-refractivity contribution in [2.45, 2.75) is 39.5 Å². The smallest absolute Gasteiger partial charge is 0.148 e. The number of hydrogen-bond acceptors (Lipinski definition) is 2. The van der Waals surface area contributed by atoms with Crippen LogP contribution in [0.3, 0.4) is 0 Å². The fourth-order valence-corrected chi connectivity index (χ4v) is 2.37. The van der Waals surface area contributed by atoms with Crippen LogP contribution >= 0.6 is 0 Å². The number of nitrogen functional groups attached to an aromatic ring is 1. The SMILES string of the molecule is CC(C)Cc1c(N)n[nH]c1CCCc1ccccc1. The summed E-state index contributed by atoms with van der Waals surface area (Å²) < 4.78 is 0. The van der Waals surface area contributed by atoms with Crippen LogP contribution in [0.25, 0.3) is 0 Å². The second kappa shape index (κ2) is 6.41. The Kier molecular flexibility index (Phi) is 4.61. The fourth-order valence-electron chi connectivity index (χ4n) is 2.37. The molecule has 1 aromatic carbocycles. The Morgan fingerprint density at radius 1 is 1.16 bits per heavy atom. The van der Waals surface area contributed by atoms with Crippen molar-refractivity contribution in [2.24, 2.45) is 5.92 Å². The molecule has 3 heteroatoms. The highest BCUT2D eigenvalue weighted by molar-refractivity contribution is 5.42. The molecule has 0 saturated carbocycles. The molecule has 2 aromatic rings. The summed E-state index contributed by atoms with van der Waals surface area (Å²) in [6, 6.07) is 10.6. The molecular weight excluding hydrogens is 234 g/mol. The van der Waals surface area contributed by atoms with E-state index in [0.29, 0.717) is 11.7 Å². The minimum absolute atomic E-state index is 0.604. The van der Waals surface area contributed by atoms with Gasteiger partial charge in [0.1, 0.15) is 5.82 Å². The third-order valence-electron chi connectivity index (χ3n) is 3.33. The number of aromatic amines is 1. The average molecular weight is 257 g/mol. The van der Waals surface area contributed by atoms with Gasteiger partial charge in [0.05, 0.1) is 0 Å². The number of rotatable bonds is 6. The van der Waals surface area contributed by atoms with Crippen molar-refractivity contribution in [3.05, 3.63) is 47.2 Å². The summed E-state index contributed by atoms with van der Waals surface area (Å²) in [5.74, 6) is 1.27. The third-order valence-corrected chi connectivity index (χ3v) is 3.33. The Morgan fingerprint density at radius 3 is 2.58 bits per heavy atom. The zero-order valence-electron chi connectivity index (χ0n) is 11.8. The summed E-state index contributed by atoms with van der Waals surface area (Å²) in [6.07, 6.45) is 4.24. The minimum Gasteiger partial charge on any atom is -0.382 e. The van der Waals surface area contributed by atoms with Crippen molar-refractivity contribution in [1.82, 2.24) is 10.2 Å². The molecule has 3 N–H and O–H groups in total. The molecule has 1 aromatic heterocycles. The Balaban J connectivity index is 1.92. The first-order chi connectivity index (χ1) is 9.16. The van der Waals surface area contributed by atoms with Gasteiger partial charge in [0, 0.05) is 11.3 Å². The van der Waals surface area contributed by atoms with Gasteiger partial charge in [0.2, 0.25) is 0 Å². The van der Waals surface area contributed by atoms with Gasteiger partial charge in [-0.1, -0.05) is 44.2 Å². The van der Waals surface area contributed by atoms with E-state index in [1.54, 1.807) is 0 Å². The molecule has 0 amide bonds. The number of anilines is 1. The van der Waals surface area contributed by atoms with Crippen LogP contribution in [-0.2, 0) is 19.3 Å². The van der Waals surface area contributed by atoms with E-state index in [9.17, 15) is 0 Å². The average Bonchev–Trinajstić information content (AvgIpc) is 2.72. The lowest BCUT2D eigenvalue weighted by Crippen LogP contribution is -2.01. The molecule has 0 unspecified atom stereocenters. The van der Waals surface area contributed by atoms with Gasteiger partial charge in [-0.25, -0.2) is 0 Å². The van der Waals surface area contributed by atoms with Crippen molar-refractivity contribution in [2.75, 3.05) is 5.73 Å². The fraction of sp³-hybridized carbons (Fsp3) is 0.438. The maximum Gasteiger partial charge on any atom is 0.148 e. The quantitative estimate of drug-likeness (QED) is 0.833. The van der Waals surface area contributed by atoms with Crippen LogP contribution in [0.1, 0.15) is 37.1 Å². The van der Waals surface area contributed by atoms with Crippen LogP contribution in [0.4, 0.5) is 5.82 Å². The highest BCUT2D eigenvalue weighted by Crippen LogP contribution is 2.19. The number of hydrogen-bond donors (Lipinski definition) is 2. The predicted octanol–water partition coefficient (Wildman–Crippen LogP) is 3.37. The first-order valence-corrected chi connectivity index (χ1v) is 7.02. The molecule has 1 heterocycles. The van der Waals surface area contributed by atoms with E-state index < -0.39 is 0 Å². The van der Waals surface area contributed by atoms with Crippen LogP contribution in [0.15, 0.2) is 30.3 Å². The lowest BCUT2D eigenvalue weighted by Gasteiger charge is -2.07. The first-order valence-electron chi connectivity index (χ1n) is 7.02. The molecule has 0 atom stereocenters. The Labute approximate surface area is 115 Å². The van der Waals surface area contributed by atoms with Crippen molar-refractivity contribution in [1.29, 1.82) is 0 Å². The van der Waals surface area contributed by atoms with Crippen molar-refractivity contribution in [3.63, 3.8) is 0 Å². The Morgan fingerprint density at radius 2 is 1.89 bits per heavy atom. The van der Waals surface area contributed by atoms with Gasteiger partial charge in [0.25, 0.3) is 0 Å². The number of aromatic nitrogens is 2. The topological polar surface area (TPSA) is 54.7 Å². The van der Waals surface area contributed by atoms with Gasteiger partial charge < -0.3 is 5.73 Å². The summed E-state index contributed by atoms with van der Waals surface area (Å²) in [5, 5.41) is 7.24. The van der Waals surface area contributed by atoms with E-state index in [1.807, 2.05) is 0 Å². The number of benzene rings is 1. The Hall–Kier alpha value is -1.77. The van der Waals surface area contributed by atoms with Gasteiger partial charge in [-0.05, 0) is 37.2 Å². The van der Waals surface area contributed by atoms with E-state index in [4.69, 9.17) is 5.73 Å². The highest BCUT2D eigenvalue weighted by Gasteiger charge is 2.11. The first kappa shape index (κ1) is 13.7. The number of H-pyrrole nitrogens is 1. The van der Waals surface area contributed by atoms with Crippen molar-refractivity contribution >= 4 is 5.82 Å². The monoisotopic (exact) mass is 257 g/mol. The van der Waals surface area contributed by atoms with Gasteiger partial charge in [-0.3, -0.25) is 5.10 Å². The van der Waals surface area contributed by atoms with E-state index in [0.717, 1.165) is 25.7 Å². The van der Waals surface area contributed by atoms with Crippen LogP contribution in [0.5, 0.6) is 0 Å². The van der Waals surface area contributed by atoms with E-state index >= 15 is 0 Å². The summed E-state index contributed by atoms with van der Waals surface area (Å²) >= 11 is 0.